The van der Waals surface area contributed by atoms with Crippen LogP contribution in [0.5, 0.6) is 0 Å². The number of ketones is 1. The highest BCUT2D eigenvalue weighted by atomic mass is 16.5. The number of amides is 2. The Bertz CT molecular complexity index is 1400. The van der Waals surface area contributed by atoms with Crippen molar-refractivity contribution in [1.29, 1.82) is 0 Å². The number of likely N-dealkylation sites (tertiary alicyclic amines) is 1. The molecule has 194 valence electrons. The van der Waals surface area contributed by atoms with Crippen molar-refractivity contribution in [1.82, 2.24) is 30.2 Å². The first kappa shape index (κ1) is 23.8. The lowest BCUT2D eigenvalue weighted by molar-refractivity contribution is -0.00352. The normalized spacial score (nSPS) is 19.6. The van der Waals surface area contributed by atoms with Crippen LogP contribution in [0.25, 0.3) is 10.9 Å². The van der Waals surface area contributed by atoms with E-state index in [1.54, 1.807) is 18.2 Å². The molecule has 2 saturated heterocycles. The average molecular weight is 505 g/mol. The second-order valence-electron chi connectivity index (χ2n) is 11.7. The fourth-order valence-corrected chi connectivity index (χ4v) is 5.62. The number of Topliss-reactive ketones (excluding diaryl/α,β-unsaturated/α-hetero) is 1. The van der Waals surface area contributed by atoms with Crippen LogP contribution in [0, 0.1) is 5.41 Å². The molecule has 0 atom stereocenters. The molecule has 0 bridgehead atoms. The summed E-state index contributed by atoms with van der Waals surface area (Å²) in [5, 5.41) is 15.2. The van der Waals surface area contributed by atoms with Crippen LogP contribution < -0.4 is 5.32 Å². The highest BCUT2D eigenvalue weighted by Gasteiger charge is 2.43. The van der Waals surface area contributed by atoms with Crippen LogP contribution in [-0.4, -0.2) is 74.8 Å². The number of H-pyrrole nitrogens is 1. The number of piperidine rings is 1. The lowest BCUT2D eigenvalue weighted by atomic mass is 9.67. The van der Waals surface area contributed by atoms with Crippen molar-refractivity contribution in [2.24, 2.45) is 5.41 Å². The van der Waals surface area contributed by atoms with Gasteiger partial charge in [-0.1, -0.05) is 0 Å². The number of ether oxygens (including phenoxy) is 1. The third-order valence-corrected chi connectivity index (χ3v) is 7.95. The molecule has 1 spiro atoms. The summed E-state index contributed by atoms with van der Waals surface area (Å²) in [4.78, 5) is 41.0. The number of rotatable bonds is 3. The smallest absolute Gasteiger partial charge is 0.272 e. The zero-order valence-electron chi connectivity index (χ0n) is 21.5. The molecular weight excluding hydrogens is 472 g/mol. The Labute approximate surface area is 214 Å². The number of nitrogens with zero attached hydrogens (tertiary/aromatic N) is 4. The van der Waals surface area contributed by atoms with E-state index < -0.39 is 0 Å². The van der Waals surface area contributed by atoms with Crippen molar-refractivity contribution in [3.05, 3.63) is 46.9 Å². The van der Waals surface area contributed by atoms with Crippen LogP contribution in [0.2, 0.25) is 0 Å². The molecule has 2 aromatic heterocycles. The second-order valence-corrected chi connectivity index (χ2v) is 11.7. The number of hydrogen-bond donors (Lipinski definition) is 2. The number of hydrogen-bond acceptors (Lipinski definition) is 6. The number of benzene rings is 1. The fraction of sp³-hybridized carbons (Fsp3) is 0.519. The molecule has 6 rings (SSSR count). The number of carbonyl (C=O) groups excluding carboxylic acids is 3. The minimum atomic E-state index is -0.278. The molecule has 37 heavy (non-hydrogen) atoms. The number of aromatic nitrogens is 4. The summed E-state index contributed by atoms with van der Waals surface area (Å²) < 4.78 is 7.02. The molecule has 2 aliphatic heterocycles. The molecule has 1 aliphatic carbocycles. The zero-order valence-corrected chi connectivity index (χ0v) is 21.5. The van der Waals surface area contributed by atoms with Crippen LogP contribution in [0.4, 0.5) is 0 Å². The fourth-order valence-electron chi connectivity index (χ4n) is 5.62. The average Bonchev–Trinajstić information content (AvgIpc) is 3.45. The topological polar surface area (TPSA) is 122 Å². The van der Waals surface area contributed by atoms with E-state index in [4.69, 9.17) is 4.74 Å². The third-order valence-electron chi connectivity index (χ3n) is 7.95. The summed E-state index contributed by atoms with van der Waals surface area (Å²) in [5.41, 5.74) is 2.84. The maximum absolute atomic E-state index is 13.4. The maximum Gasteiger partial charge on any atom is 0.272 e. The molecule has 3 aliphatic rings. The number of nitrogens with one attached hydrogen (secondary N) is 2. The van der Waals surface area contributed by atoms with Crippen molar-refractivity contribution < 1.29 is 19.1 Å². The van der Waals surface area contributed by atoms with Gasteiger partial charge >= 0.3 is 0 Å². The van der Waals surface area contributed by atoms with Gasteiger partial charge in [0.15, 0.2) is 11.5 Å². The van der Waals surface area contributed by atoms with Crippen molar-refractivity contribution in [2.45, 2.75) is 58.0 Å². The predicted molar refractivity (Wildman–Crippen MR) is 136 cm³/mol. The van der Waals surface area contributed by atoms with Crippen LogP contribution in [0.1, 0.15) is 76.9 Å². The van der Waals surface area contributed by atoms with E-state index in [1.807, 2.05) is 15.8 Å². The Morgan fingerprint density at radius 1 is 1.16 bits per heavy atom. The molecule has 4 heterocycles. The summed E-state index contributed by atoms with van der Waals surface area (Å²) in [6, 6.07) is 5.30. The van der Waals surface area contributed by atoms with Gasteiger partial charge in [0.05, 0.1) is 30.3 Å². The molecule has 0 saturated carbocycles. The van der Waals surface area contributed by atoms with E-state index in [0.717, 1.165) is 24.8 Å². The molecular formula is C27H32N6O4. The SMILES string of the molecule is CC(C)(C)n1cc2c(n1)C(=O)CC1(CCN(C(=O)c3ccc4[nH]nc(C(=O)NC5COC5)c4c3)CC1)C2. The Hall–Kier alpha value is -3.53. The van der Waals surface area contributed by atoms with Crippen LogP contribution in [0.15, 0.2) is 24.4 Å². The molecule has 2 fully saturated rings. The van der Waals surface area contributed by atoms with E-state index in [0.29, 0.717) is 54.9 Å². The van der Waals surface area contributed by atoms with E-state index in [9.17, 15) is 14.4 Å². The van der Waals surface area contributed by atoms with E-state index in [-0.39, 0.29) is 40.3 Å². The summed E-state index contributed by atoms with van der Waals surface area (Å²) in [6.07, 6.45) is 4.87. The molecule has 10 heteroatoms. The van der Waals surface area contributed by atoms with Crippen LogP contribution >= 0.6 is 0 Å². The van der Waals surface area contributed by atoms with Crippen molar-refractivity contribution in [3.63, 3.8) is 0 Å². The van der Waals surface area contributed by atoms with Gasteiger partial charge < -0.3 is 15.0 Å². The summed E-state index contributed by atoms with van der Waals surface area (Å²) in [7, 11) is 0. The van der Waals surface area contributed by atoms with Gasteiger partial charge in [-0.05, 0) is 63.6 Å². The van der Waals surface area contributed by atoms with Gasteiger partial charge in [0.2, 0.25) is 0 Å². The Morgan fingerprint density at radius 2 is 1.92 bits per heavy atom. The standard InChI is InChI=1S/C27H32N6O4/c1-26(2,3)33-13-17-11-27(12-21(34)22(17)31-33)6-8-32(9-7-27)25(36)16-4-5-20-19(10-16)23(30-29-20)24(35)28-18-14-37-15-18/h4-5,10,13,18H,6-9,11-12,14-15H2,1-3H3,(H,28,35)(H,29,30). The van der Waals surface area contributed by atoms with E-state index in [1.165, 1.54) is 0 Å². The van der Waals surface area contributed by atoms with Gasteiger partial charge in [0.1, 0.15) is 5.69 Å². The first-order valence-electron chi connectivity index (χ1n) is 12.9. The van der Waals surface area contributed by atoms with Gasteiger partial charge in [-0.25, -0.2) is 0 Å². The van der Waals surface area contributed by atoms with Gasteiger partial charge in [-0.3, -0.25) is 24.2 Å². The summed E-state index contributed by atoms with van der Waals surface area (Å²) in [6.45, 7) is 8.42. The lowest BCUT2D eigenvalue weighted by Gasteiger charge is -2.43. The van der Waals surface area contributed by atoms with Gasteiger partial charge in [0.25, 0.3) is 11.8 Å². The molecule has 2 amide bonds. The molecule has 10 nitrogen and oxygen atoms in total. The lowest BCUT2D eigenvalue weighted by Crippen LogP contribution is -2.48. The second kappa shape index (κ2) is 8.51. The third kappa shape index (κ3) is 4.22. The largest absolute Gasteiger partial charge is 0.377 e. The van der Waals surface area contributed by atoms with Crippen molar-refractivity contribution >= 4 is 28.5 Å². The van der Waals surface area contributed by atoms with Crippen molar-refractivity contribution in [3.8, 4) is 0 Å². The minimum absolute atomic E-state index is 0.00436. The number of aromatic amines is 1. The molecule has 3 aromatic rings. The Morgan fingerprint density at radius 3 is 2.59 bits per heavy atom. The molecule has 0 unspecified atom stereocenters. The first-order valence-corrected chi connectivity index (χ1v) is 12.9. The van der Waals surface area contributed by atoms with Gasteiger partial charge in [0, 0.05) is 42.2 Å². The summed E-state index contributed by atoms with van der Waals surface area (Å²) >= 11 is 0. The van der Waals surface area contributed by atoms with Crippen LogP contribution in [0.3, 0.4) is 0 Å². The minimum Gasteiger partial charge on any atom is -0.377 e. The maximum atomic E-state index is 13.4. The van der Waals surface area contributed by atoms with E-state index >= 15 is 0 Å². The number of fused-ring (bicyclic) bond motifs is 2. The van der Waals surface area contributed by atoms with Crippen molar-refractivity contribution in [2.75, 3.05) is 26.3 Å². The highest BCUT2D eigenvalue weighted by Crippen LogP contribution is 2.43. The van der Waals surface area contributed by atoms with Crippen LogP contribution in [-0.2, 0) is 16.7 Å². The quantitative estimate of drug-likeness (QED) is 0.566. The number of carbonyl (C=O) groups is 3. The Kier molecular flexibility index (Phi) is 5.48. The highest BCUT2D eigenvalue weighted by molar-refractivity contribution is 6.07. The zero-order chi connectivity index (χ0) is 25.9. The predicted octanol–water partition coefficient (Wildman–Crippen LogP) is 2.69. The van der Waals surface area contributed by atoms with Gasteiger partial charge in [-0.15, -0.1) is 0 Å². The molecule has 1 aromatic carbocycles. The molecule has 0 radical (unpaired) electrons. The van der Waals surface area contributed by atoms with E-state index in [2.05, 4.69) is 41.4 Å². The Balaban J connectivity index is 1.16. The van der Waals surface area contributed by atoms with Gasteiger partial charge in [-0.2, -0.15) is 10.2 Å². The summed E-state index contributed by atoms with van der Waals surface area (Å²) in [5.74, 6) is -0.242. The monoisotopic (exact) mass is 504 g/mol. The first-order chi connectivity index (χ1) is 17.6. The molecule has 2 N–H and O–H groups in total.